The van der Waals surface area contributed by atoms with Crippen LogP contribution in [0.4, 0.5) is 0 Å². The van der Waals surface area contributed by atoms with Crippen molar-refractivity contribution in [3.05, 3.63) is 0 Å². The Kier molecular flexibility index (Phi) is 4.20. The minimum Gasteiger partial charge on any atom is -0.378 e. The Balaban J connectivity index is 2.17. The molecule has 1 aliphatic heterocycles. The number of hydrogen-bond donors (Lipinski definition) is 1. The number of hydrogen-bond acceptors (Lipinski definition) is 4. The molecule has 0 aromatic rings. The van der Waals surface area contributed by atoms with Crippen LogP contribution in [0, 0.1) is 0 Å². The van der Waals surface area contributed by atoms with Crippen LogP contribution in [-0.2, 0) is 19.2 Å². The molecular formula is C7H12N2O4. The Hall–Kier alpha value is -1.14. The minimum absolute atomic E-state index is 0.126. The quantitative estimate of drug-likeness (QED) is 0.332. The fraction of sp³-hybridized carbons (Fsp3) is 0.714. The summed E-state index contributed by atoms with van der Waals surface area (Å²) in [5.74, 6) is -0.141. The summed E-state index contributed by atoms with van der Waals surface area (Å²) in [6, 6.07) is 0. The van der Waals surface area contributed by atoms with E-state index in [-0.39, 0.29) is 12.5 Å². The van der Waals surface area contributed by atoms with Gasteiger partial charge in [-0.25, -0.2) is 5.48 Å². The van der Waals surface area contributed by atoms with Crippen molar-refractivity contribution in [2.24, 2.45) is 0 Å². The highest BCUT2D eigenvalue weighted by atomic mass is 16.7. The Morgan fingerprint density at radius 1 is 1.54 bits per heavy atom. The normalized spacial score (nSPS) is 16.8. The summed E-state index contributed by atoms with van der Waals surface area (Å²) in [6.45, 7) is 2.17. The van der Waals surface area contributed by atoms with Crippen LogP contribution < -0.4 is 5.48 Å². The highest BCUT2D eigenvalue weighted by molar-refractivity contribution is 5.77. The average Bonchev–Trinajstić information content (AvgIpc) is 2.19. The molecule has 6 nitrogen and oxygen atoms in total. The zero-order valence-electron chi connectivity index (χ0n) is 7.19. The van der Waals surface area contributed by atoms with Gasteiger partial charge in [-0.05, 0) is 0 Å². The SMILES string of the molecule is O=CNOCC(=O)N1CCOCC1. The first-order valence-electron chi connectivity index (χ1n) is 4.01. The van der Waals surface area contributed by atoms with Crippen molar-refractivity contribution in [2.75, 3.05) is 32.9 Å². The number of rotatable bonds is 4. The first-order valence-corrected chi connectivity index (χ1v) is 4.01. The smallest absolute Gasteiger partial charge is 0.251 e. The third kappa shape index (κ3) is 3.39. The van der Waals surface area contributed by atoms with Crippen LogP contribution in [0.15, 0.2) is 0 Å². The van der Waals surface area contributed by atoms with Gasteiger partial charge in [-0.3, -0.25) is 14.4 Å². The van der Waals surface area contributed by atoms with E-state index in [4.69, 9.17) is 4.74 Å². The molecule has 0 aliphatic carbocycles. The van der Waals surface area contributed by atoms with Crippen molar-refractivity contribution >= 4 is 12.3 Å². The summed E-state index contributed by atoms with van der Waals surface area (Å²) in [6.07, 6.45) is 0.382. The number of nitrogens with one attached hydrogen (secondary N) is 1. The average molecular weight is 188 g/mol. The molecule has 1 aliphatic rings. The molecule has 0 saturated carbocycles. The lowest BCUT2D eigenvalue weighted by molar-refractivity contribution is -0.144. The van der Waals surface area contributed by atoms with Gasteiger partial charge in [-0.2, -0.15) is 0 Å². The van der Waals surface area contributed by atoms with Gasteiger partial charge in [0.2, 0.25) is 6.41 Å². The van der Waals surface area contributed by atoms with Crippen LogP contribution in [0.25, 0.3) is 0 Å². The minimum atomic E-state index is -0.141. The van der Waals surface area contributed by atoms with E-state index in [2.05, 4.69) is 4.84 Å². The summed E-state index contributed by atoms with van der Waals surface area (Å²) in [7, 11) is 0. The molecule has 1 N–H and O–H groups in total. The molecule has 0 radical (unpaired) electrons. The van der Waals surface area contributed by atoms with Gasteiger partial charge >= 0.3 is 0 Å². The zero-order valence-corrected chi connectivity index (χ0v) is 7.19. The summed E-state index contributed by atoms with van der Waals surface area (Å²) in [5, 5.41) is 0. The molecule has 2 amide bonds. The summed E-state index contributed by atoms with van der Waals surface area (Å²) < 4.78 is 5.07. The predicted molar refractivity (Wildman–Crippen MR) is 42.6 cm³/mol. The number of amides is 2. The molecule has 1 fully saturated rings. The number of ether oxygens (including phenoxy) is 1. The molecule has 0 atom stereocenters. The number of hydroxylamine groups is 1. The third-order valence-corrected chi connectivity index (χ3v) is 1.69. The van der Waals surface area contributed by atoms with Gasteiger partial charge in [0.1, 0.15) is 0 Å². The molecule has 0 aromatic heterocycles. The van der Waals surface area contributed by atoms with E-state index in [0.717, 1.165) is 0 Å². The van der Waals surface area contributed by atoms with Crippen molar-refractivity contribution in [2.45, 2.75) is 0 Å². The molecule has 74 valence electrons. The van der Waals surface area contributed by atoms with Gasteiger partial charge in [-0.15, -0.1) is 0 Å². The lowest BCUT2D eigenvalue weighted by atomic mass is 10.4. The van der Waals surface area contributed by atoms with Crippen LogP contribution in [0.5, 0.6) is 0 Å². The molecule has 13 heavy (non-hydrogen) atoms. The van der Waals surface area contributed by atoms with Gasteiger partial charge < -0.3 is 9.64 Å². The number of nitrogens with zero attached hydrogens (tertiary/aromatic N) is 1. The second-order valence-corrected chi connectivity index (χ2v) is 2.52. The van der Waals surface area contributed by atoms with E-state index in [1.807, 2.05) is 5.48 Å². The highest BCUT2D eigenvalue weighted by Crippen LogP contribution is 1.96. The van der Waals surface area contributed by atoms with Crippen molar-refractivity contribution < 1.29 is 19.2 Å². The Morgan fingerprint density at radius 3 is 2.85 bits per heavy atom. The molecule has 6 heteroatoms. The molecule has 0 spiro atoms. The van der Waals surface area contributed by atoms with E-state index in [0.29, 0.717) is 32.7 Å². The van der Waals surface area contributed by atoms with E-state index in [1.54, 1.807) is 4.90 Å². The standard InChI is InChI=1S/C7H12N2O4/c10-6-8-13-5-7(11)9-1-3-12-4-2-9/h6H,1-5H2,(H,8,10). The maximum Gasteiger partial charge on any atom is 0.251 e. The Labute approximate surface area is 75.7 Å². The topological polar surface area (TPSA) is 67.9 Å². The largest absolute Gasteiger partial charge is 0.378 e. The Morgan fingerprint density at radius 2 is 2.23 bits per heavy atom. The van der Waals surface area contributed by atoms with Crippen LogP contribution in [0.1, 0.15) is 0 Å². The molecule has 0 aromatic carbocycles. The van der Waals surface area contributed by atoms with E-state index in [1.165, 1.54) is 0 Å². The molecular weight excluding hydrogens is 176 g/mol. The van der Waals surface area contributed by atoms with Gasteiger partial charge in [0.25, 0.3) is 5.91 Å². The molecule has 1 heterocycles. The zero-order chi connectivity index (χ0) is 9.52. The molecule has 1 saturated heterocycles. The monoisotopic (exact) mass is 188 g/mol. The maximum atomic E-state index is 11.3. The van der Waals surface area contributed by atoms with Crippen molar-refractivity contribution in [1.29, 1.82) is 0 Å². The highest BCUT2D eigenvalue weighted by Gasteiger charge is 2.16. The Bertz CT molecular complexity index is 179. The lowest BCUT2D eigenvalue weighted by Gasteiger charge is -2.26. The molecule has 1 rings (SSSR count). The molecule has 0 unspecified atom stereocenters. The lowest BCUT2D eigenvalue weighted by Crippen LogP contribution is -2.43. The fourth-order valence-corrected chi connectivity index (χ4v) is 1.04. The fourth-order valence-electron chi connectivity index (χ4n) is 1.04. The summed E-state index contributed by atoms with van der Waals surface area (Å²) in [5.41, 5.74) is 1.96. The van der Waals surface area contributed by atoms with Crippen LogP contribution in [0.3, 0.4) is 0 Å². The van der Waals surface area contributed by atoms with Crippen LogP contribution >= 0.6 is 0 Å². The van der Waals surface area contributed by atoms with Crippen molar-refractivity contribution in [3.8, 4) is 0 Å². The summed E-state index contributed by atoms with van der Waals surface area (Å²) >= 11 is 0. The van der Waals surface area contributed by atoms with Crippen molar-refractivity contribution in [3.63, 3.8) is 0 Å². The van der Waals surface area contributed by atoms with Crippen molar-refractivity contribution in [1.82, 2.24) is 10.4 Å². The van der Waals surface area contributed by atoms with Crippen LogP contribution in [-0.4, -0.2) is 50.1 Å². The van der Waals surface area contributed by atoms with Crippen LogP contribution in [0.2, 0.25) is 0 Å². The van der Waals surface area contributed by atoms with Gasteiger partial charge in [-0.1, -0.05) is 0 Å². The van der Waals surface area contributed by atoms with Gasteiger partial charge in [0.05, 0.1) is 13.2 Å². The first-order chi connectivity index (χ1) is 6.34. The first kappa shape index (κ1) is 9.94. The van der Waals surface area contributed by atoms with Gasteiger partial charge in [0, 0.05) is 13.1 Å². The van der Waals surface area contributed by atoms with E-state index in [9.17, 15) is 9.59 Å². The summed E-state index contributed by atoms with van der Waals surface area (Å²) in [4.78, 5) is 27.2. The van der Waals surface area contributed by atoms with Gasteiger partial charge in [0.15, 0.2) is 6.61 Å². The number of morpholine rings is 1. The maximum absolute atomic E-state index is 11.3. The van der Waals surface area contributed by atoms with E-state index >= 15 is 0 Å². The molecule has 0 bridgehead atoms. The third-order valence-electron chi connectivity index (χ3n) is 1.69. The second kappa shape index (κ2) is 5.50. The van der Waals surface area contributed by atoms with E-state index < -0.39 is 0 Å². The second-order valence-electron chi connectivity index (χ2n) is 2.52. The number of carbonyl (C=O) groups excluding carboxylic acids is 2. The number of carbonyl (C=O) groups is 2. The predicted octanol–water partition coefficient (Wildman–Crippen LogP) is -1.48.